The third-order valence-electron chi connectivity index (χ3n) is 5.15. The van der Waals surface area contributed by atoms with Crippen molar-refractivity contribution in [3.8, 4) is 11.3 Å². The van der Waals surface area contributed by atoms with Gasteiger partial charge in [-0.1, -0.05) is 0 Å². The van der Waals surface area contributed by atoms with Crippen molar-refractivity contribution in [2.75, 3.05) is 57.9 Å². The molecule has 0 N–H and O–H groups in total. The summed E-state index contributed by atoms with van der Waals surface area (Å²) in [4.78, 5) is 22.9. The van der Waals surface area contributed by atoms with E-state index in [4.69, 9.17) is 14.5 Å². The Morgan fingerprint density at radius 2 is 2.04 bits per heavy atom. The minimum absolute atomic E-state index is 0.00625. The zero-order valence-corrected chi connectivity index (χ0v) is 15.8. The normalized spacial score (nSPS) is 20.9. The molecule has 8 heteroatoms. The largest absolute Gasteiger partial charge is 0.383 e. The van der Waals surface area contributed by atoms with Crippen LogP contribution in [0.4, 0.5) is 5.95 Å². The molecule has 4 rings (SSSR count). The molecule has 0 bridgehead atoms. The van der Waals surface area contributed by atoms with E-state index in [1.54, 1.807) is 25.7 Å². The van der Waals surface area contributed by atoms with Gasteiger partial charge in [0.05, 0.1) is 24.2 Å². The van der Waals surface area contributed by atoms with E-state index in [9.17, 15) is 0 Å². The van der Waals surface area contributed by atoms with Gasteiger partial charge in [0.25, 0.3) is 0 Å². The highest BCUT2D eigenvalue weighted by atomic mass is 16.5. The first kappa shape index (κ1) is 18.2. The lowest BCUT2D eigenvalue weighted by atomic mass is 10.1. The second kappa shape index (κ2) is 8.69. The van der Waals surface area contributed by atoms with Crippen LogP contribution in [0.25, 0.3) is 11.3 Å². The number of methoxy groups -OCH3 is 1. The van der Waals surface area contributed by atoms with Crippen molar-refractivity contribution in [3.63, 3.8) is 0 Å². The van der Waals surface area contributed by atoms with Crippen LogP contribution in [-0.2, 0) is 9.47 Å². The van der Waals surface area contributed by atoms with Crippen molar-refractivity contribution in [1.82, 2.24) is 24.8 Å². The van der Waals surface area contributed by atoms with Gasteiger partial charge in [-0.15, -0.1) is 0 Å². The van der Waals surface area contributed by atoms with Gasteiger partial charge in [-0.05, 0) is 12.8 Å². The molecule has 27 heavy (non-hydrogen) atoms. The van der Waals surface area contributed by atoms with Gasteiger partial charge in [0.2, 0.25) is 5.95 Å². The molecule has 8 nitrogen and oxygen atoms in total. The number of rotatable bonds is 6. The van der Waals surface area contributed by atoms with Gasteiger partial charge in [-0.2, -0.15) is 0 Å². The molecule has 0 saturated carbocycles. The fraction of sp³-hybridized carbons (Fsp3) is 0.579. The van der Waals surface area contributed by atoms with Gasteiger partial charge in [-0.25, -0.2) is 9.97 Å². The van der Waals surface area contributed by atoms with Gasteiger partial charge >= 0.3 is 0 Å². The minimum atomic E-state index is 0.00625. The van der Waals surface area contributed by atoms with Crippen molar-refractivity contribution in [2.24, 2.45) is 0 Å². The lowest BCUT2D eigenvalue weighted by Gasteiger charge is -2.34. The predicted octanol–water partition coefficient (Wildman–Crippen LogP) is 1.55. The molecule has 2 fully saturated rings. The zero-order valence-electron chi connectivity index (χ0n) is 15.8. The number of hydrogen-bond donors (Lipinski definition) is 0. The maximum Gasteiger partial charge on any atom is 0.225 e. The van der Waals surface area contributed by atoms with Gasteiger partial charge in [-0.3, -0.25) is 14.9 Å². The van der Waals surface area contributed by atoms with Crippen LogP contribution in [0.1, 0.15) is 24.6 Å². The first-order valence-electron chi connectivity index (χ1n) is 9.56. The smallest absolute Gasteiger partial charge is 0.225 e. The van der Waals surface area contributed by atoms with Crippen LogP contribution < -0.4 is 4.90 Å². The summed E-state index contributed by atoms with van der Waals surface area (Å²) in [6.45, 7) is 6.34. The first-order chi connectivity index (χ1) is 13.3. The van der Waals surface area contributed by atoms with E-state index in [1.165, 1.54) is 0 Å². The lowest BCUT2D eigenvalue weighted by Crippen LogP contribution is -2.47. The van der Waals surface area contributed by atoms with E-state index < -0.39 is 0 Å². The Hall–Kier alpha value is -2.16. The van der Waals surface area contributed by atoms with Crippen LogP contribution in [-0.4, -0.2) is 77.9 Å². The molecular weight excluding hydrogens is 344 g/mol. The first-order valence-corrected chi connectivity index (χ1v) is 9.56. The average Bonchev–Trinajstić information content (AvgIpc) is 3.28. The minimum Gasteiger partial charge on any atom is -0.383 e. The molecule has 144 valence electrons. The van der Waals surface area contributed by atoms with E-state index >= 15 is 0 Å². The summed E-state index contributed by atoms with van der Waals surface area (Å²) in [7, 11) is 1.75. The van der Waals surface area contributed by atoms with Crippen LogP contribution in [0.2, 0.25) is 0 Å². The third-order valence-corrected chi connectivity index (χ3v) is 5.15. The molecule has 0 unspecified atom stereocenters. The highest BCUT2D eigenvalue weighted by molar-refractivity contribution is 5.61. The summed E-state index contributed by atoms with van der Waals surface area (Å²) in [6.07, 6.45) is 9.05. The SMILES string of the molecule is COCCN1CCN(c2ncc(-c3cnccn3)c([C@@H]3CCCO3)n2)CC1. The lowest BCUT2D eigenvalue weighted by molar-refractivity contribution is 0.109. The van der Waals surface area contributed by atoms with E-state index in [0.29, 0.717) is 0 Å². The van der Waals surface area contributed by atoms with Gasteiger partial charge in [0.1, 0.15) is 6.10 Å². The zero-order chi connectivity index (χ0) is 18.5. The molecule has 2 saturated heterocycles. The van der Waals surface area contributed by atoms with Gasteiger partial charge in [0.15, 0.2) is 0 Å². The Morgan fingerprint density at radius 3 is 2.74 bits per heavy atom. The number of anilines is 1. The molecule has 0 radical (unpaired) electrons. The quantitative estimate of drug-likeness (QED) is 0.758. The van der Waals surface area contributed by atoms with Crippen molar-refractivity contribution in [3.05, 3.63) is 30.5 Å². The summed E-state index contributed by atoms with van der Waals surface area (Å²) in [5.41, 5.74) is 2.64. The summed E-state index contributed by atoms with van der Waals surface area (Å²) in [5, 5.41) is 0. The molecule has 0 spiro atoms. The van der Waals surface area contributed by atoms with Crippen molar-refractivity contribution in [2.45, 2.75) is 18.9 Å². The highest BCUT2D eigenvalue weighted by Crippen LogP contribution is 2.34. The summed E-state index contributed by atoms with van der Waals surface area (Å²) >= 11 is 0. The van der Waals surface area contributed by atoms with E-state index in [-0.39, 0.29) is 6.10 Å². The Morgan fingerprint density at radius 1 is 1.15 bits per heavy atom. The molecule has 0 aliphatic carbocycles. The van der Waals surface area contributed by atoms with Crippen LogP contribution in [0.5, 0.6) is 0 Å². The Labute approximate surface area is 159 Å². The second-order valence-electron chi connectivity index (χ2n) is 6.88. The fourth-order valence-corrected chi connectivity index (χ4v) is 3.60. The number of hydrogen-bond acceptors (Lipinski definition) is 8. The summed E-state index contributed by atoms with van der Waals surface area (Å²) < 4.78 is 11.1. The van der Waals surface area contributed by atoms with Crippen molar-refractivity contribution >= 4 is 5.95 Å². The van der Waals surface area contributed by atoms with E-state index in [1.807, 2.05) is 6.20 Å². The molecule has 2 aromatic heterocycles. The van der Waals surface area contributed by atoms with E-state index in [2.05, 4.69) is 24.8 Å². The Kier molecular flexibility index (Phi) is 5.86. The molecule has 1 atom stereocenters. The second-order valence-corrected chi connectivity index (χ2v) is 6.88. The monoisotopic (exact) mass is 370 g/mol. The molecular formula is C19H26N6O2. The average molecular weight is 370 g/mol. The summed E-state index contributed by atoms with van der Waals surface area (Å²) in [5.74, 6) is 0.777. The number of ether oxygens (including phenoxy) is 2. The topological polar surface area (TPSA) is 76.5 Å². The third kappa shape index (κ3) is 4.23. The van der Waals surface area contributed by atoms with Crippen molar-refractivity contribution < 1.29 is 9.47 Å². The molecule has 0 aromatic carbocycles. The highest BCUT2D eigenvalue weighted by Gasteiger charge is 2.26. The predicted molar refractivity (Wildman–Crippen MR) is 102 cm³/mol. The summed E-state index contributed by atoms with van der Waals surface area (Å²) in [6, 6.07) is 0. The Balaban J connectivity index is 1.55. The fourth-order valence-electron chi connectivity index (χ4n) is 3.60. The maximum absolute atomic E-state index is 5.93. The van der Waals surface area contributed by atoms with Crippen LogP contribution in [0.3, 0.4) is 0 Å². The Bertz CT molecular complexity index is 730. The molecule has 2 aliphatic rings. The molecule has 0 amide bonds. The standard InChI is InChI=1S/C19H26N6O2/c1-26-12-10-24-6-8-25(9-7-24)19-22-13-15(16-14-20-4-5-21-16)18(23-19)17-3-2-11-27-17/h4-5,13-14,17H,2-3,6-12H2,1H3/t17-/m0/s1. The van der Waals surface area contributed by atoms with Crippen LogP contribution in [0.15, 0.2) is 24.8 Å². The van der Waals surface area contributed by atoms with E-state index in [0.717, 1.165) is 81.7 Å². The van der Waals surface area contributed by atoms with Crippen LogP contribution >= 0.6 is 0 Å². The maximum atomic E-state index is 5.93. The molecule has 2 aromatic rings. The molecule has 2 aliphatic heterocycles. The van der Waals surface area contributed by atoms with Gasteiger partial charge in [0, 0.05) is 70.6 Å². The van der Waals surface area contributed by atoms with Gasteiger partial charge < -0.3 is 14.4 Å². The van der Waals surface area contributed by atoms with Crippen molar-refractivity contribution in [1.29, 1.82) is 0 Å². The molecule has 4 heterocycles. The number of piperazine rings is 1. The number of aromatic nitrogens is 4. The number of nitrogens with zero attached hydrogens (tertiary/aromatic N) is 6. The van der Waals surface area contributed by atoms with Crippen LogP contribution in [0, 0.1) is 0 Å².